The van der Waals surface area contributed by atoms with E-state index in [4.69, 9.17) is 21.3 Å². The number of carbonyl (C=O) groups excluding carboxylic acids is 1. The number of piperidine rings is 1. The summed E-state index contributed by atoms with van der Waals surface area (Å²) in [5.41, 5.74) is 3.55. The molecule has 1 saturated heterocycles. The Bertz CT molecular complexity index is 1250. The van der Waals surface area contributed by atoms with Gasteiger partial charge in [0.05, 0.1) is 29.3 Å². The van der Waals surface area contributed by atoms with Gasteiger partial charge in [0.1, 0.15) is 5.82 Å². The summed E-state index contributed by atoms with van der Waals surface area (Å²) in [6, 6.07) is 5.71. The number of aromatic nitrogens is 4. The molecule has 0 radical (unpaired) electrons. The van der Waals surface area contributed by atoms with Crippen LogP contribution in [0.25, 0.3) is 11.4 Å². The van der Waals surface area contributed by atoms with Crippen molar-refractivity contribution in [3.05, 3.63) is 58.6 Å². The topological polar surface area (TPSA) is 93.1 Å². The molecule has 35 heavy (non-hydrogen) atoms. The molecule has 5 heterocycles. The molecular formula is C26H29ClN6O2. The average molecular weight is 493 g/mol. The first-order valence-electron chi connectivity index (χ1n) is 11.9. The lowest BCUT2D eigenvalue weighted by Gasteiger charge is -2.47. The molecule has 182 valence electrons. The summed E-state index contributed by atoms with van der Waals surface area (Å²) < 4.78 is 5.24. The molecule has 0 aromatic carbocycles. The van der Waals surface area contributed by atoms with Crippen LogP contribution < -0.4 is 10.1 Å². The monoisotopic (exact) mass is 492 g/mol. The molecule has 1 N–H and O–H groups in total. The number of likely N-dealkylation sites (tertiary alicyclic amines) is 1. The number of amides is 1. The van der Waals surface area contributed by atoms with Gasteiger partial charge in [0.25, 0.3) is 0 Å². The Morgan fingerprint density at radius 2 is 2.03 bits per heavy atom. The Morgan fingerprint density at radius 3 is 2.80 bits per heavy atom. The Morgan fingerprint density at radius 1 is 1.23 bits per heavy atom. The molecule has 1 spiro atoms. The van der Waals surface area contributed by atoms with Gasteiger partial charge in [0.2, 0.25) is 11.8 Å². The fourth-order valence-corrected chi connectivity index (χ4v) is 5.48. The van der Waals surface area contributed by atoms with Gasteiger partial charge in [-0.15, -0.1) is 0 Å². The smallest absolute Gasteiger partial charge is 0.229 e. The van der Waals surface area contributed by atoms with Crippen molar-refractivity contribution in [1.29, 1.82) is 0 Å². The lowest BCUT2D eigenvalue weighted by atomic mass is 9.80. The Labute approximate surface area is 210 Å². The predicted octanol–water partition coefficient (Wildman–Crippen LogP) is 4.43. The third-order valence-electron chi connectivity index (χ3n) is 7.15. The fraction of sp³-hybridized carbons (Fsp3) is 0.423. The molecule has 3 aromatic heterocycles. The number of aryl methyl sites for hydroxylation is 2. The molecule has 0 unspecified atom stereocenters. The van der Waals surface area contributed by atoms with Crippen LogP contribution in [-0.4, -0.2) is 56.5 Å². The van der Waals surface area contributed by atoms with E-state index in [9.17, 15) is 4.79 Å². The summed E-state index contributed by atoms with van der Waals surface area (Å²) in [4.78, 5) is 33.3. The standard InChI is InChI=1S/C26H29ClN6O2/c1-16(19-13-22(35-3)30-14-21(19)27)25(34)33-11-4-7-26(15-33)8-6-18-12-20(17(2)31-23(18)32-26)24-28-9-5-10-29-24/h5,9-10,12-14,16H,4,6-8,11,15H2,1-3H3,(H,31,32)/t16-,26+/m0/s1. The number of nitrogens with one attached hydrogen (secondary N) is 1. The Balaban J connectivity index is 1.36. The van der Waals surface area contributed by atoms with E-state index in [1.54, 1.807) is 31.8 Å². The first kappa shape index (κ1) is 23.5. The molecule has 3 aromatic rings. The lowest BCUT2D eigenvalue weighted by Crippen LogP contribution is -2.56. The number of halogens is 1. The van der Waals surface area contributed by atoms with E-state index in [2.05, 4.69) is 26.3 Å². The van der Waals surface area contributed by atoms with Crippen molar-refractivity contribution in [2.24, 2.45) is 0 Å². The van der Waals surface area contributed by atoms with Crippen LogP contribution >= 0.6 is 11.6 Å². The summed E-state index contributed by atoms with van der Waals surface area (Å²) in [6.07, 6.45) is 8.79. The van der Waals surface area contributed by atoms with Gasteiger partial charge in [-0.05, 0) is 62.8 Å². The van der Waals surface area contributed by atoms with E-state index < -0.39 is 0 Å². The zero-order chi connectivity index (χ0) is 24.6. The molecule has 5 rings (SSSR count). The highest BCUT2D eigenvalue weighted by atomic mass is 35.5. The summed E-state index contributed by atoms with van der Waals surface area (Å²) in [5, 5.41) is 4.20. The minimum atomic E-state index is -0.390. The predicted molar refractivity (Wildman–Crippen MR) is 135 cm³/mol. The zero-order valence-electron chi connectivity index (χ0n) is 20.2. The second-order valence-corrected chi connectivity index (χ2v) is 9.85. The van der Waals surface area contributed by atoms with Crippen LogP contribution in [-0.2, 0) is 11.2 Å². The number of ether oxygens (including phenoxy) is 1. The van der Waals surface area contributed by atoms with Crippen molar-refractivity contribution in [2.45, 2.75) is 51.0 Å². The first-order valence-corrected chi connectivity index (χ1v) is 12.3. The molecule has 2 aliphatic rings. The molecular weight excluding hydrogens is 464 g/mol. The zero-order valence-corrected chi connectivity index (χ0v) is 21.0. The molecule has 0 aliphatic carbocycles. The molecule has 8 nitrogen and oxygen atoms in total. The van der Waals surface area contributed by atoms with E-state index in [1.807, 2.05) is 24.8 Å². The van der Waals surface area contributed by atoms with Gasteiger partial charge >= 0.3 is 0 Å². The normalized spacial score (nSPS) is 20.2. The summed E-state index contributed by atoms with van der Waals surface area (Å²) in [6.45, 7) is 5.25. The molecule has 0 saturated carbocycles. The van der Waals surface area contributed by atoms with Gasteiger partial charge in [0.15, 0.2) is 5.82 Å². The number of rotatable bonds is 4. The van der Waals surface area contributed by atoms with Crippen molar-refractivity contribution in [3.63, 3.8) is 0 Å². The molecule has 2 aliphatic heterocycles. The van der Waals surface area contributed by atoms with Gasteiger partial charge in [0, 0.05) is 43.3 Å². The number of hydrogen-bond acceptors (Lipinski definition) is 7. The minimum absolute atomic E-state index is 0.0625. The van der Waals surface area contributed by atoms with Crippen LogP contribution in [0.15, 0.2) is 36.8 Å². The Hall–Kier alpha value is -3.26. The summed E-state index contributed by atoms with van der Waals surface area (Å²) in [5.74, 6) is 1.71. The maximum absolute atomic E-state index is 13.5. The number of carbonyl (C=O) groups is 1. The van der Waals surface area contributed by atoms with Crippen LogP contribution in [0.4, 0.5) is 5.82 Å². The van der Waals surface area contributed by atoms with Crippen LogP contribution in [0, 0.1) is 6.92 Å². The van der Waals surface area contributed by atoms with Crippen LogP contribution in [0.1, 0.15) is 48.9 Å². The van der Waals surface area contributed by atoms with E-state index in [0.29, 0.717) is 23.3 Å². The quantitative estimate of drug-likeness (QED) is 0.576. The first-order chi connectivity index (χ1) is 16.9. The molecule has 2 atom stereocenters. The number of nitrogens with zero attached hydrogens (tertiary/aromatic N) is 5. The van der Waals surface area contributed by atoms with E-state index in [0.717, 1.165) is 60.4 Å². The maximum Gasteiger partial charge on any atom is 0.229 e. The van der Waals surface area contributed by atoms with Crippen LogP contribution in [0.5, 0.6) is 5.88 Å². The van der Waals surface area contributed by atoms with Crippen molar-refractivity contribution < 1.29 is 9.53 Å². The molecule has 1 fully saturated rings. The summed E-state index contributed by atoms with van der Waals surface area (Å²) in [7, 11) is 1.55. The third kappa shape index (κ3) is 4.55. The second-order valence-electron chi connectivity index (χ2n) is 9.44. The number of methoxy groups -OCH3 is 1. The fourth-order valence-electron chi connectivity index (χ4n) is 5.21. The van der Waals surface area contributed by atoms with E-state index in [-0.39, 0.29) is 17.4 Å². The van der Waals surface area contributed by atoms with E-state index in [1.165, 1.54) is 0 Å². The number of fused-ring (bicyclic) bond motifs is 1. The number of anilines is 1. The highest BCUT2D eigenvalue weighted by Gasteiger charge is 2.41. The lowest BCUT2D eigenvalue weighted by molar-refractivity contribution is -0.134. The van der Waals surface area contributed by atoms with Gasteiger partial charge in [-0.2, -0.15) is 0 Å². The molecule has 0 bridgehead atoms. The SMILES string of the molecule is COc1cc([C@H](C)C(=O)N2CCC[C@@]3(CCc4cc(-c5ncccn5)c(C)nc4N3)C2)c(Cl)cn1. The van der Waals surface area contributed by atoms with Gasteiger partial charge in [-0.25, -0.2) is 19.9 Å². The van der Waals surface area contributed by atoms with Gasteiger partial charge in [-0.3, -0.25) is 4.79 Å². The third-order valence-corrected chi connectivity index (χ3v) is 7.47. The van der Waals surface area contributed by atoms with Crippen molar-refractivity contribution in [2.75, 3.05) is 25.5 Å². The van der Waals surface area contributed by atoms with Crippen molar-refractivity contribution in [3.8, 4) is 17.3 Å². The maximum atomic E-state index is 13.5. The van der Waals surface area contributed by atoms with E-state index >= 15 is 0 Å². The second kappa shape index (κ2) is 9.41. The molecule has 9 heteroatoms. The molecule has 1 amide bonds. The Kier molecular flexibility index (Phi) is 6.32. The highest BCUT2D eigenvalue weighted by Crippen LogP contribution is 2.38. The van der Waals surface area contributed by atoms with Crippen LogP contribution in [0.3, 0.4) is 0 Å². The average Bonchev–Trinajstić information content (AvgIpc) is 2.88. The van der Waals surface area contributed by atoms with Crippen molar-refractivity contribution in [1.82, 2.24) is 24.8 Å². The van der Waals surface area contributed by atoms with Gasteiger partial charge in [-0.1, -0.05) is 11.6 Å². The highest BCUT2D eigenvalue weighted by molar-refractivity contribution is 6.31. The van der Waals surface area contributed by atoms with Crippen molar-refractivity contribution >= 4 is 23.3 Å². The minimum Gasteiger partial charge on any atom is -0.481 e. The van der Waals surface area contributed by atoms with Crippen LogP contribution in [0.2, 0.25) is 5.02 Å². The number of pyridine rings is 2. The van der Waals surface area contributed by atoms with Gasteiger partial charge < -0.3 is 15.0 Å². The number of hydrogen-bond donors (Lipinski definition) is 1. The summed E-state index contributed by atoms with van der Waals surface area (Å²) >= 11 is 6.38. The largest absolute Gasteiger partial charge is 0.481 e.